The average molecular weight is 559 g/mol. The normalized spacial score (nSPS) is 13.1. The maximum atomic E-state index is 14.4. The van der Waals surface area contributed by atoms with Gasteiger partial charge in [-0.3, -0.25) is 9.00 Å². The van der Waals surface area contributed by atoms with Crippen molar-refractivity contribution in [3.8, 4) is 5.88 Å². The predicted octanol–water partition coefficient (Wildman–Crippen LogP) is 5.12. The minimum Gasteiger partial charge on any atom is -0.755 e. The third-order valence-corrected chi connectivity index (χ3v) is 6.30. The number of carbonyl (C=O) groups is 1. The van der Waals surface area contributed by atoms with Crippen molar-refractivity contribution in [2.45, 2.75) is 32.2 Å². The molecule has 0 saturated carbocycles. The largest absolute Gasteiger partial charge is 0.755 e. The molecule has 3 rings (SSSR count). The van der Waals surface area contributed by atoms with Gasteiger partial charge in [0.25, 0.3) is 0 Å². The van der Waals surface area contributed by atoms with Gasteiger partial charge in [-0.2, -0.15) is 13.2 Å². The van der Waals surface area contributed by atoms with Crippen molar-refractivity contribution in [2.24, 2.45) is 0 Å². The van der Waals surface area contributed by atoms with Crippen LogP contribution in [0.1, 0.15) is 35.2 Å². The Morgan fingerprint density at radius 3 is 2.46 bits per heavy atom. The van der Waals surface area contributed by atoms with E-state index in [-0.39, 0.29) is 35.8 Å². The van der Waals surface area contributed by atoms with Crippen LogP contribution in [0.3, 0.4) is 0 Å². The molecule has 1 aromatic heterocycles. The van der Waals surface area contributed by atoms with Crippen molar-refractivity contribution in [2.75, 3.05) is 11.4 Å². The van der Waals surface area contributed by atoms with Gasteiger partial charge in [0, 0.05) is 35.4 Å². The van der Waals surface area contributed by atoms with E-state index in [9.17, 15) is 31.1 Å². The number of amides is 1. The zero-order valence-electron chi connectivity index (χ0n) is 19.5. The summed E-state index contributed by atoms with van der Waals surface area (Å²) < 4.78 is 82.3. The van der Waals surface area contributed by atoms with Crippen LogP contribution >= 0.6 is 11.6 Å². The zero-order chi connectivity index (χ0) is 27.3. The van der Waals surface area contributed by atoms with Crippen molar-refractivity contribution in [1.82, 2.24) is 10.3 Å². The predicted molar refractivity (Wildman–Crippen MR) is 129 cm³/mol. The molecular formula is C24H21ClF4N3O4S-. The summed E-state index contributed by atoms with van der Waals surface area (Å²) in [6.45, 7) is 1.21. The number of benzene rings is 2. The SMILES string of the molecule is CC(C(=O)NCc1ccc(C(F)(F)F)nc1OCc1ccc(Cl)cc1)c1ccc(N(C)S(=O)[O-])c(F)c1. The molecule has 2 atom stereocenters. The summed E-state index contributed by atoms with van der Waals surface area (Å²) in [4.78, 5) is 16.3. The number of hydrogen-bond acceptors (Lipinski definition) is 5. The highest BCUT2D eigenvalue weighted by Gasteiger charge is 2.33. The van der Waals surface area contributed by atoms with Gasteiger partial charge in [0.1, 0.15) is 18.1 Å². The molecule has 1 amide bonds. The maximum Gasteiger partial charge on any atom is 0.433 e. The first-order valence-electron chi connectivity index (χ1n) is 10.7. The van der Waals surface area contributed by atoms with Crippen LogP contribution in [-0.2, 0) is 35.4 Å². The lowest BCUT2D eigenvalue weighted by Crippen LogP contribution is -2.28. The van der Waals surface area contributed by atoms with Gasteiger partial charge >= 0.3 is 6.18 Å². The minimum absolute atomic E-state index is 0.0863. The molecule has 7 nitrogen and oxygen atoms in total. The molecule has 2 aromatic carbocycles. The third kappa shape index (κ3) is 7.40. The Hall–Kier alpha value is -3.22. The summed E-state index contributed by atoms with van der Waals surface area (Å²) in [7, 11) is 1.17. The lowest BCUT2D eigenvalue weighted by Gasteiger charge is -2.22. The quantitative estimate of drug-likeness (QED) is 0.290. The zero-order valence-corrected chi connectivity index (χ0v) is 21.1. The van der Waals surface area contributed by atoms with Crippen LogP contribution in [0.2, 0.25) is 5.02 Å². The van der Waals surface area contributed by atoms with Crippen LogP contribution in [0.15, 0.2) is 54.6 Å². The first-order chi connectivity index (χ1) is 17.4. The molecule has 1 N–H and O–H groups in total. The summed E-state index contributed by atoms with van der Waals surface area (Å²) in [6.07, 6.45) is -4.70. The lowest BCUT2D eigenvalue weighted by molar-refractivity contribution is -0.141. The van der Waals surface area contributed by atoms with Gasteiger partial charge in [-0.1, -0.05) is 29.8 Å². The van der Waals surface area contributed by atoms with Gasteiger partial charge in [0.05, 0.1) is 11.6 Å². The van der Waals surface area contributed by atoms with Crippen molar-refractivity contribution in [3.63, 3.8) is 0 Å². The number of anilines is 1. The molecule has 2 unspecified atom stereocenters. The van der Waals surface area contributed by atoms with Gasteiger partial charge in [-0.15, -0.1) is 0 Å². The molecule has 3 aromatic rings. The number of rotatable bonds is 9. The van der Waals surface area contributed by atoms with Gasteiger partial charge in [0.2, 0.25) is 11.8 Å². The number of nitrogens with one attached hydrogen (secondary N) is 1. The van der Waals surface area contributed by atoms with Gasteiger partial charge < -0.3 is 18.9 Å². The summed E-state index contributed by atoms with van der Waals surface area (Å²) in [5.41, 5.74) is -0.231. The van der Waals surface area contributed by atoms with E-state index in [1.165, 1.54) is 26.1 Å². The molecule has 0 fully saturated rings. The number of halogens is 5. The summed E-state index contributed by atoms with van der Waals surface area (Å²) in [5, 5.41) is 3.07. The number of nitrogens with zero attached hydrogens (tertiary/aromatic N) is 2. The van der Waals surface area contributed by atoms with Crippen molar-refractivity contribution in [1.29, 1.82) is 0 Å². The van der Waals surface area contributed by atoms with Gasteiger partial charge in [0.15, 0.2) is 0 Å². The monoisotopic (exact) mass is 558 g/mol. The van der Waals surface area contributed by atoms with Crippen LogP contribution in [0.25, 0.3) is 0 Å². The van der Waals surface area contributed by atoms with Crippen LogP contribution in [0.4, 0.5) is 23.2 Å². The lowest BCUT2D eigenvalue weighted by atomic mass is 9.99. The maximum absolute atomic E-state index is 14.4. The average Bonchev–Trinajstić information content (AvgIpc) is 2.85. The Morgan fingerprint density at radius 2 is 1.86 bits per heavy atom. The molecule has 0 aliphatic heterocycles. The Kier molecular flexibility index (Phi) is 9.11. The minimum atomic E-state index is -4.70. The Morgan fingerprint density at radius 1 is 1.19 bits per heavy atom. The molecule has 0 aliphatic rings. The van der Waals surface area contributed by atoms with Crippen LogP contribution in [0, 0.1) is 5.82 Å². The molecule has 0 aliphatic carbocycles. The van der Waals surface area contributed by atoms with E-state index in [4.69, 9.17) is 16.3 Å². The smallest absolute Gasteiger partial charge is 0.433 e. The first-order valence-corrected chi connectivity index (χ1v) is 12.1. The highest BCUT2D eigenvalue weighted by molar-refractivity contribution is 7.80. The highest BCUT2D eigenvalue weighted by atomic mass is 35.5. The summed E-state index contributed by atoms with van der Waals surface area (Å²) in [6, 6.07) is 12.1. The number of hydrogen-bond donors (Lipinski definition) is 1. The van der Waals surface area contributed by atoms with E-state index in [1.807, 2.05) is 0 Å². The topological polar surface area (TPSA) is 94.6 Å². The van der Waals surface area contributed by atoms with Crippen molar-refractivity contribution >= 4 is 34.5 Å². The van der Waals surface area contributed by atoms with E-state index in [0.29, 0.717) is 14.9 Å². The fraction of sp³-hybridized carbons (Fsp3) is 0.250. The summed E-state index contributed by atoms with van der Waals surface area (Å²) in [5.74, 6) is -2.54. The molecule has 0 saturated heterocycles. The van der Waals surface area contributed by atoms with E-state index in [2.05, 4.69) is 10.3 Å². The third-order valence-electron chi connectivity index (χ3n) is 5.40. The van der Waals surface area contributed by atoms with Crippen LogP contribution < -0.4 is 14.4 Å². The second-order valence-corrected chi connectivity index (χ2v) is 9.36. The molecule has 198 valence electrons. The highest BCUT2D eigenvalue weighted by Crippen LogP contribution is 2.31. The van der Waals surface area contributed by atoms with Gasteiger partial charge in [-0.25, -0.2) is 9.37 Å². The fourth-order valence-corrected chi connectivity index (χ4v) is 3.67. The number of carbonyl (C=O) groups excluding carboxylic acids is 1. The second-order valence-electron chi connectivity index (χ2n) is 7.94. The van der Waals surface area contributed by atoms with E-state index in [0.717, 1.165) is 18.2 Å². The number of alkyl halides is 3. The van der Waals surface area contributed by atoms with E-state index in [1.54, 1.807) is 24.3 Å². The molecule has 0 radical (unpaired) electrons. The Labute approximate surface area is 217 Å². The number of pyridine rings is 1. The molecule has 0 bridgehead atoms. The van der Waals surface area contributed by atoms with E-state index < -0.39 is 40.8 Å². The van der Waals surface area contributed by atoms with Gasteiger partial charge in [-0.05, 0) is 54.4 Å². The Bertz CT molecular complexity index is 1290. The molecule has 0 spiro atoms. The molecule has 13 heteroatoms. The van der Waals surface area contributed by atoms with E-state index >= 15 is 0 Å². The molecular weight excluding hydrogens is 538 g/mol. The van der Waals surface area contributed by atoms with Crippen molar-refractivity contribution < 1.29 is 35.9 Å². The van der Waals surface area contributed by atoms with Crippen LogP contribution in [-0.4, -0.2) is 26.7 Å². The molecule has 1 heterocycles. The molecule has 37 heavy (non-hydrogen) atoms. The fourth-order valence-electron chi connectivity index (χ4n) is 3.23. The number of ether oxygens (including phenoxy) is 1. The second kappa shape index (κ2) is 11.9. The van der Waals surface area contributed by atoms with Crippen molar-refractivity contribution in [3.05, 3.63) is 87.8 Å². The standard InChI is InChI=1S/C24H22ClF4N3O4S/c1-14(16-5-9-20(19(26)11-16)32(2)37(34)35)22(33)30-12-17-6-10-21(24(27,28)29)31-23(17)36-13-15-3-7-18(25)8-4-15/h3-11,14H,12-13H2,1-2H3,(H,30,33)(H,34,35)/p-1. The Balaban J connectivity index is 1.74. The number of aromatic nitrogens is 1. The first kappa shape index (κ1) is 28.4. The summed E-state index contributed by atoms with van der Waals surface area (Å²) >= 11 is 3.17. The van der Waals surface area contributed by atoms with Crippen LogP contribution in [0.5, 0.6) is 5.88 Å².